The Morgan fingerprint density at radius 1 is 1.38 bits per heavy atom. The second-order valence-corrected chi connectivity index (χ2v) is 6.28. The lowest BCUT2D eigenvalue weighted by Gasteiger charge is -2.35. The van der Waals surface area contributed by atoms with Crippen LogP contribution in [0.3, 0.4) is 0 Å². The third-order valence-corrected chi connectivity index (χ3v) is 4.39. The van der Waals surface area contributed by atoms with Gasteiger partial charge in [0.2, 0.25) is 5.91 Å². The van der Waals surface area contributed by atoms with E-state index >= 15 is 0 Å². The minimum absolute atomic E-state index is 0.0151. The lowest BCUT2D eigenvalue weighted by Crippen LogP contribution is -2.53. The molecule has 0 aromatic heterocycles. The van der Waals surface area contributed by atoms with Crippen LogP contribution in [-0.2, 0) is 11.3 Å². The Kier molecular flexibility index (Phi) is 6.46. The number of nitrogens with zero attached hydrogens (tertiary/aromatic N) is 1. The molecule has 6 heteroatoms. The Balaban J connectivity index is 1.81. The minimum Gasteiger partial charge on any atom is -0.497 e. The molecule has 2 rings (SSSR count). The first-order valence-corrected chi connectivity index (χ1v) is 8.49. The highest BCUT2D eigenvalue weighted by Crippen LogP contribution is 2.17. The average molecular weight is 333 g/mol. The van der Waals surface area contributed by atoms with E-state index in [1.54, 1.807) is 14.0 Å². The number of amides is 3. The van der Waals surface area contributed by atoms with E-state index in [0.717, 1.165) is 37.1 Å². The number of hydrogen-bond acceptors (Lipinski definition) is 3. The lowest BCUT2D eigenvalue weighted by molar-refractivity contribution is -0.136. The molecule has 0 spiro atoms. The minimum atomic E-state index is -0.532. The van der Waals surface area contributed by atoms with Gasteiger partial charge in [-0.05, 0) is 50.8 Å². The molecule has 1 saturated heterocycles. The fourth-order valence-corrected chi connectivity index (χ4v) is 2.95. The number of carbonyl (C=O) groups is 2. The van der Waals surface area contributed by atoms with E-state index in [1.807, 2.05) is 29.2 Å². The zero-order valence-electron chi connectivity index (χ0n) is 14.7. The van der Waals surface area contributed by atoms with Crippen LogP contribution in [0, 0.1) is 0 Å². The molecule has 0 aliphatic carbocycles. The Bertz CT molecular complexity index is 576. The van der Waals surface area contributed by atoms with Gasteiger partial charge in [0.05, 0.1) is 7.11 Å². The summed E-state index contributed by atoms with van der Waals surface area (Å²) in [5.74, 6) is 0.732. The number of likely N-dealkylation sites (tertiary alicyclic amines) is 1. The zero-order chi connectivity index (χ0) is 17.5. The number of rotatable bonds is 5. The maximum absolute atomic E-state index is 12.5. The van der Waals surface area contributed by atoms with Crippen molar-refractivity contribution in [2.45, 2.75) is 51.7 Å². The molecule has 1 aromatic rings. The van der Waals surface area contributed by atoms with Gasteiger partial charge in [0.25, 0.3) is 0 Å². The van der Waals surface area contributed by atoms with Crippen molar-refractivity contribution in [1.29, 1.82) is 0 Å². The largest absolute Gasteiger partial charge is 0.497 e. The first-order chi connectivity index (χ1) is 11.5. The van der Waals surface area contributed by atoms with Gasteiger partial charge in [0, 0.05) is 19.1 Å². The standard InChI is InChI=1S/C18H27N3O3/c1-13-7-4-5-10-21(13)17(22)14(2)20-18(23)19-12-15-8-6-9-16(11-15)24-3/h6,8-9,11,13-14H,4-5,7,10,12H2,1-3H3,(H2,19,20,23)/t13-,14+/m0/s1. The van der Waals surface area contributed by atoms with Gasteiger partial charge < -0.3 is 20.3 Å². The van der Waals surface area contributed by atoms with Gasteiger partial charge in [-0.1, -0.05) is 12.1 Å². The molecule has 132 valence electrons. The maximum Gasteiger partial charge on any atom is 0.315 e. The smallest absolute Gasteiger partial charge is 0.315 e. The van der Waals surface area contributed by atoms with E-state index in [0.29, 0.717) is 6.54 Å². The van der Waals surface area contributed by atoms with Crippen molar-refractivity contribution >= 4 is 11.9 Å². The van der Waals surface area contributed by atoms with Crippen LogP contribution >= 0.6 is 0 Å². The predicted octanol–water partition coefficient (Wildman–Crippen LogP) is 2.28. The summed E-state index contributed by atoms with van der Waals surface area (Å²) in [5.41, 5.74) is 0.938. The van der Waals surface area contributed by atoms with E-state index in [1.165, 1.54) is 0 Å². The second kappa shape index (κ2) is 8.57. The van der Waals surface area contributed by atoms with Crippen molar-refractivity contribution in [2.75, 3.05) is 13.7 Å². The number of benzene rings is 1. The third kappa shape index (κ3) is 4.88. The molecule has 1 aliphatic heterocycles. The van der Waals surface area contributed by atoms with Crippen molar-refractivity contribution in [3.05, 3.63) is 29.8 Å². The molecule has 1 aromatic carbocycles. The molecule has 3 amide bonds. The monoisotopic (exact) mass is 333 g/mol. The van der Waals surface area contributed by atoms with Gasteiger partial charge in [0.1, 0.15) is 11.8 Å². The van der Waals surface area contributed by atoms with Gasteiger partial charge >= 0.3 is 6.03 Å². The van der Waals surface area contributed by atoms with Crippen LogP contribution in [-0.4, -0.2) is 42.6 Å². The number of methoxy groups -OCH3 is 1. The molecule has 0 saturated carbocycles. The van der Waals surface area contributed by atoms with Crippen molar-refractivity contribution in [2.24, 2.45) is 0 Å². The van der Waals surface area contributed by atoms with E-state index in [4.69, 9.17) is 4.74 Å². The summed E-state index contributed by atoms with van der Waals surface area (Å²) in [6.45, 7) is 4.95. The van der Waals surface area contributed by atoms with E-state index in [2.05, 4.69) is 17.6 Å². The van der Waals surface area contributed by atoms with Crippen LogP contribution in [0.25, 0.3) is 0 Å². The summed E-state index contributed by atoms with van der Waals surface area (Å²) in [6.07, 6.45) is 3.22. The SMILES string of the molecule is COc1cccc(CNC(=O)N[C@H](C)C(=O)N2CCCC[C@@H]2C)c1. The van der Waals surface area contributed by atoms with Gasteiger partial charge in [-0.3, -0.25) is 4.79 Å². The number of piperidine rings is 1. The fraction of sp³-hybridized carbons (Fsp3) is 0.556. The van der Waals surface area contributed by atoms with Crippen molar-refractivity contribution in [3.8, 4) is 5.75 Å². The van der Waals surface area contributed by atoms with Gasteiger partial charge in [0.15, 0.2) is 0 Å². The van der Waals surface area contributed by atoms with Crippen LogP contribution in [0.4, 0.5) is 4.79 Å². The molecule has 2 atom stereocenters. The highest BCUT2D eigenvalue weighted by molar-refractivity contribution is 5.87. The summed E-state index contributed by atoms with van der Waals surface area (Å²) < 4.78 is 5.16. The highest BCUT2D eigenvalue weighted by Gasteiger charge is 2.27. The maximum atomic E-state index is 12.5. The van der Waals surface area contributed by atoms with E-state index in [9.17, 15) is 9.59 Å². The van der Waals surface area contributed by atoms with Crippen LogP contribution in [0.15, 0.2) is 24.3 Å². The number of ether oxygens (including phenoxy) is 1. The summed E-state index contributed by atoms with van der Waals surface area (Å²) in [4.78, 5) is 26.4. The van der Waals surface area contributed by atoms with Crippen LogP contribution < -0.4 is 15.4 Å². The third-order valence-electron chi connectivity index (χ3n) is 4.39. The molecule has 1 aliphatic rings. The number of hydrogen-bond donors (Lipinski definition) is 2. The summed E-state index contributed by atoms with van der Waals surface area (Å²) in [6, 6.07) is 6.87. The first kappa shape index (κ1) is 18.1. The van der Waals surface area contributed by atoms with Gasteiger partial charge in [-0.25, -0.2) is 4.79 Å². The molecule has 2 N–H and O–H groups in total. The van der Waals surface area contributed by atoms with Crippen molar-refractivity contribution < 1.29 is 14.3 Å². The van der Waals surface area contributed by atoms with Crippen LogP contribution in [0.5, 0.6) is 5.75 Å². The molecule has 6 nitrogen and oxygen atoms in total. The molecule has 0 radical (unpaired) electrons. The average Bonchev–Trinajstić information content (AvgIpc) is 2.60. The molecule has 0 unspecified atom stereocenters. The van der Waals surface area contributed by atoms with Crippen LogP contribution in [0.2, 0.25) is 0 Å². The topological polar surface area (TPSA) is 70.7 Å². The summed E-state index contributed by atoms with van der Waals surface area (Å²) in [5, 5.41) is 5.50. The molecule has 0 bridgehead atoms. The zero-order valence-corrected chi connectivity index (χ0v) is 14.7. The Morgan fingerprint density at radius 3 is 2.88 bits per heavy atom. The van der Waals surface area contributed by atoms with Crippen molar-refractivity contribution in [3.63, 3.8) is 0 Å². The van der Waals surface area contributed by atoms with Crippen LogP contribution in [0.1, 0.15) is 38.7 Å². The second-order valence-electron chi connectivity index (χ2n) is 6.28. The molecular weight excluding hydrogens is 306 g/mol. The number of nitrogens with one attached hydrogen (secondary N) is 2. The highest BCUT2D eigenvalue weighted by atomic mass is 16.5. The first-order valence-electron chi connectivity index (χ1n) is 8.49. The van der Waals surface area contributed by atoms with E-state index < -0.39 is 6.04 Å². The predicted molar refractivity (Wildman–Crippen MR) is 92.9 cm³/mol. The van der Waals surface area contributed by atoms with Gasteiger partial charge in [-0.2, -0.15) is 0 Å². The fourth-order valence-electron chi connectivity index (χ4n) is 2.95. The van der Waals surface area contributed by atoms with Crippen molar-refractivity contribution in [1.82, 2.24) is 15.5 Å². The number of urea groups is 1. The number of carbonyl (C=O) groups excluding carboxylic acids is 2. The lowest BCUT2D eigenvalue weighted by atomic mass is 10.0. The normalized spacial score (nSPS) is 18.6. The Labute approximate surface area is 143 Å². The Hall–Kier alpha value is -2.24. The van der Waals surface area contributed by atoms with E-state index in [-0.39, 0.29) is 18.0 Å². The molecule has 24 heavy (non-hydrogen) atoms. The quantitative estimate of drug-likeness (QED) is 0.868. The van der Waals surface area contributed by atoms with Gasteiger partial charge in [-0.15, -0.1) is 0 Å². The molecule has 1 heterocycles. The summed E-state index contributed by atoms with van der Waals surface area (Å²) in [7, 11) is 1.61. The molecular formula is C18H27N3O3. The Morgan fingerprint density at radius 2 is 2.17 bits per heavy atom. The summed E-state index contributed by atoms with van der Waals surface area (Å²) >= 11 is 0. The molecule has 1 fully saturated rings.